The molecule has 3 N–H and O–H groups in total. The smallest absolute Gasteiger partial charge is 0.0814 e. The van der Waals surface area contributed by atoms with Gasteiger partial charge in [-0.15, -0.1) is 0 Å². The first kappa shape index (κ1) is 8.48. The molecule has 2 saturated heterocycles. The van der Waals surface area contributed by atoms with Crippen molar-refractivity contribution >= 4 is 0 Å². The van der Waals surface area contributed by atoms with Crippen molar-refractivity contribution < 1.29 is 10.2 Å². The van der Waals surface area contributed by atoms with Gasteiger partial charge in [0, 0.05) is 12.1 Å². The third-order valence-electron chi connectivity index (χ3n) is 3.07. The first-order valence-electron chi connectivity index (χ1n) is 4.88. The van der Waals surface area contributed by atoms with Crippen molar-refractivity contribution in [1.82, 2.24) is 5.32 Å². The van der Waals surface area contributed by atoms with Crippen LogP contribution >= 0.6 is 0 Å². The van der Waals surface area contributed by atoms with E-state index in [-0.39, 0.29) is 0 Å². The van der Waals surface area contributed by atoms with Gasteiger partial charge in [-0.1, -0.05) is 6.42 Å². The maximum absolute atomic E-state index is 9.51. The zero-order chi connectivity index (χ0) is 8.55. The second-order valence-electron chi connectivity index (χ2n) is 4.10. The van der Waals surface area contributed by atoms with Crippen molar-refractivity contribution in [3.05, 3.63) is 0 Å². The van der Waals surface area contributed by atoms with Gasteiger partial charge in [0.2, 0.25) is 0 Å². The number of aliphatic hydroxyl groups is 2. The lowest BCUT2D eigenvalue weighted by Crippen LogP contribution is -2.41. The predicted octanol–water partition coefficient (Wildman–Crippen LogP) is 0.0127. The molecule has 0 radical (unpaired) electrons. The van der Waals surface area contributed by atoms with E-state index in [1.165, 1.54) is 6.42 Å². The molecule has 2 aliphatic heterocycles. The largest absolute Gasteiger partial charge is 0.390 e. The number of fused-ring (bicyclic) bond motifs is 2. The number of nitrogens with one attached hydrogen (secondary N) is 1. The molecular weight excluding hydrogens is 154 g/mol. The average molecular weight is 171 g/mol. The van der Waals surface area contributed by atoms with Gasteiger partial charge in [-0.25, -0.2) is 0 Å². The van der Waals surface area contributed by atoms with Crippen LogP contribution < -0.4 is 5.32 Å². The number of hydrogen-bond donors (Lipinski definition) is 3. The molecule has 2 heterocycles. The molecule has 2 fully saturated rings. The van der Waals surface area contributed by atoms with Crippen LogP contribution in [0.5, 0.6) is 0 Å². The molecule has 3 nitrogen and oxygen atoms in total. The van der Waals surface area contributed by atoms with E-state index in [2.05, 4.69) is 5.32 Å². The van der Waals surface area contributed by atoms with Crippen LogP contribution in [-0.4, -0.2) is 34.5 Å². The topological polar surface area (TPSA) is 52.5 Å². The SMILES string of the molecule is OC1CC2CCCC(CC1O)N2. The van der Waals surface area contributed by atoms with Crippen molar-refractivity contribution in [2.75, 3.05) is 0 Å². The van der Waals surface area contributed by atoms with E-state index < -0.39 is 12.2 Å². The summed E-state index contributed by atoms with van der Waals surface area (Å²) in [6.07, 6.45) is 3.97. The van der Waals surface area contributed by atoms with E-state index in [1.807, 2.05) is 0 Å². The minimum absolute atomic E-state index is 0.441. The summed E-state index contributed by atoms with van der Waals surface area (Å²) in [6, 6.07) is 0.881. The van der Waals surface area contributed by atoms with Gasteiger partial charge in [-0.2, -0.15) is 0 Å². The Morgan fingerprint density at radius 3 is 1.92 bits per heavy atom. The molecule has 12 heavy (non-hydrogen) atoms. The minimum Gasteiger partial charge on any atom is -0.390 e. The molecule has 0 amide bonds. The average Bonchev–Trinajstić information content (AvgIpc) is 2.11. The second-order valence-corrected chi connectivity index (χ2v) is 4.10. The molecule has 3 heteroatoms. The van der Waals surface area contributed by atoms with Gasteiger partial charge in [0.05, 0.1) is 12.2 Å². The molecule has 0 spiro atoms. The van der Waals surface area contributed by atoms with Crippen LogP contribution in [0, 0.1) is 0 Å². The Kier molecular flexibility index (Phi) is 2.35. The number of hydrogen-bond acceptors (Lipinski definition) is 3. The third-order valence-corrected chi connectivity index (χ3v) is 3.07. The van der Waals surface area contributed by atoms with E-state index in [1.54, 1.807) is 0 Å². The summed E-state index contributed by atoms with van der Waals surface area (Å²) in [5.74, 6) is 0. The summed E-state index contributed by atoms with van der Waals surface area (Å²) < 4.78 is 0. The van der Waals surface area contributed by atoms with Crippen LogP contribution in [0.15, 0.2) is 0 Å². The standard InChI is InChI=1S/C9H17NO2/c11-8-4-6-2-1-3-7(10-6)5-9(8)12/h6-12H,1-5H2. The summed E-state index contributed by atoms with van der Waals surface area (Å²) in [5.41, 5.74) is 0. The molecule has 0 aliphatic carbocycles. The highest BCUT2D eigenvalue weighted by atomic mass is 16.3. The second kappa shape index (κ2) is 3.32. The molecule has 4 atom stereocenters. The van der Waals surface area contributed by atoms with Crippen LogP contribution in [-0.2, 0) is 0 Å². The Hall–Kier alpha value is -0.120. The first-order valence-corrected chi connectivity index (χ1v) is 4.88. The van der Waals surface area contributed by atoms with Gasteiger partial charge >= 0.3 is 0 Å². The van der Waals surface area contributed by atoms with Gasteiger partial charge in [0.1, 0.15) is 0 Å². The molecule has 2 rings (SSSR count). The fourth-order valence-corrected chi connectivity index (χ4v) is 2.38. The lowest BCUT2D eigenvalue weighted by Gasteiger charge is -2.28. The summed E-state index contributed by atoms with van der Waals surface area (Å²) in [4.78, 5) is 0. The lowest BCUT2D eigenvalue weighted by atomic mass is 9.98. The highest BCUT2D eigenvalue weighted by Crippen LogP contribution is 2.24. The fourth-order valence-electron chi connectivity index (χ4n) is 2.38. The van der Waals surface area contributed by atoms with Gasteiger partial charge in [0.15, 0.2) is 0 Å². The summed E-state index contributed by atoms with van der Waals surface area (Å²) in [7, 11) is 0. The molecule has 0 saturated carbocycles. The highest BCUT2D eigenvalue weighted by Gasteiger charge is 2.32. The Bertz CT molecular complexity index is 147. The third kappa shape index (κ3) is 1.63. The normalized spacial score (nSPS) is 48.5. The molecule has 2 aliphatic rings. The van der Waals surface area contributed by atoms with E-state index in [0.717, 1.165) is 25.7 Å². The molecule has 0 aromatic heterocycles. The van der Waals surface area contributed by atoms with Crippen molar-refractivity contribution in [2.45, 2.75) is 56.4 Å². The zero-order valence-corrected chi connectivity index (χ0v) is 7.24. The van der Waals surface area contributed by atoms with E-state index in [9.17, 15) is 10.2 Å². The maximum Gasteiger partial charge on any atom is 0.0814 e. The molecule has 0 aromatic carbocycles. The number of piperidine rings is 1. The highest BCUT2D eigenvalue weighted by molar-refractivity contribution is 4.90. The van der Waals surface area contributed by atoms with Crippen molar-refractivity contribution in [2.24, 2.45) is 0 Å². The number of aliphatic hydroxyl groups excluding tert-OH is 2. The molecule has 0 aromatic rings. The monoisotopic (exact) mass is 171 g/mol. The van der Waals surface area contributed by atoms with Crippen LogP contribution in [0.2, 0.25) is 0 Å². The predicted molar refractivity (Wildman–Crippen MR) is 45.8 cm³/mol. The van der Waals surface area contributed by atoms with E-state index in [4.69, 9.17) is 0 Å². The van der Waals surface area contributed by atoms with Crippen molar-refractivity contribution in [3.8, 4) is 0 Å². The Balaban J connectivity index is 2.04. The maximum atomic E-state index is 9.51. The Labute approximate surface area is 72.8 Å². The quantitative estimate of drug-likeness (QED) is 0.481. The van der Waals surface area contributed by atoms with Crippen LogP contribution in [0.25, 0.3) is 0 Å². The summed E-state index contributed by atoms with van der Waals surface area (Å²) in [5, 5.41) is 22.5. The van der Waals surface area contributed by atoms with E-state index in [0.29, 0.717) is 12.1 Å². The van der Waals surface area contributed by atoms with Crippen LogP contribution in [0.1, 0.15) is 32.1 Å². The first-order chi connectivity index (χ1) is 5.75. The van der Waals surface area contributed by atoms with Gasteiger partial charge in [0.25, 0.3) is 0 Å². The van der Waals surface area contributed by atoms with E-state index >= 15 is 0 Å². The fraction of sp³-hybridized carbons (Fsp3) is 1.00. The Morgan fingerprint density at radius 1 is 0.917 bits per heavy atom. The molecule has 2 bridgehead atoms. The molecule has 70 valence electrons. The minimum atomic E-state index is -0.509. The van der Waals surface area contributed by atoms with Crippen molar-refractivity contribution in [1.29, 1.82) is 0 Å². The summed E-state index contributed by atoms with van der Waals surface area (Å²) >= 11 is 0. The number of rotatable bonds is 0. The van der Waals surface area contributed by atoms with Crippen molar-refractivity contribution in [3.63, 3.8) is 0 Å². The van der Waals surface area contributed by atoms with Crippen LogP contribution in [0.3, 0.4) is 0 Å². The lowest BCUT2D eigenvalue weighted by molar-refractivity contribution is 0.0132. The van der Waals surface area contributed by atoms with Crippen LogP contribution in [0.4, 0.5) is 0 Å². The van der Waals surface area contributed by atoms with Gasteiger partial charge in [-0.05, 0) is 25.7 Å². The zero-order valence-electron chi connectivity index (χ0n) is 7.24. The molecule has 4 unspecified atom stereocenters. The van der Waals surface area contributed by atoms with Gasteiger partial charge in [-0.3, -0.25) is 0 Å². The Morgan fingerprint density at radius 2 is 1.42 bits per heavy atom. The van der Waals surface area contributed by atoms with Gasteiger partial charge < -0.3 is 15.5 Å². The molecular formula is C9H17NO2. The summed E-state index contributed by atoms with van der Waals surface area (Å²) in [6.45, 7) is 0.